The molecule has 0 aliphatic heterocycles. The van der Waals surface area contributed by atoms with Gasteiger partial charge in [0.1, 0.15) is 30.2 Å². The van der Waals surface area contributed by atoms with Gasteiger partial charge in [-0.1, -0.05) is 91.1 Å². The van der Waals surface area contributed by atoms with Crippen molar-refractivity contribution < 1.29 is 43.8 Å². The van der Waals surface area contributed by atoms with Gasteiger partial charge >= 0.3 is 5.97 Å². The summed E-state index contributed by atoms with van der Waals surface area (Å²) in [6.07, 6.45) is 1.12. The Hall–Kier alpha value is -4.57. The first-order valence-electron chi connectivity index (χ1n) is 17.9. The molecule has 0 fully saturated rings. The molecule has 1 aromatic carbocycles. The van der Waals surface area contributed by atoms with E-state index in [0.29, 0.717) is 25.7 Å². The van der Waals surface area contributed by atoms with Crippen molar-refractivity contribution in [3.05, 3.63) is 35.9 Å². The van der Waals surface area contributed by atoms with Crippen LogP contribution in [0.15, 0.2) is 30.3 Å². The number of carbonyl (C=O) groups is 7. The van der Waals surface area contributed by atoms with Gasteiger partial charge in [-0.2, -0.15) is 0 Å². The molecule has 6 amide bonds. The van der Waals surface area contributed by atoms with Crippen LogP contribution < -0.4 is 37.6 Å². The summed E-state index contributed by atoms with van der Waals surface area (Å²) in [5.41, 5.74) is 6.22. The van der Waals surface area contributed by atoms with E-state index in [-0.39, 0.29) is 18.8 Å². The molecule has 52 heavy (non-hydrogen) atoms. The summed E-state index contributed by atoms with van der Waals surface area (Å²) >= 11 is 0. The van der Waals surface area contributed by atoms with E-state index in [1.807, 2.05) is 37.3 Å². The van der Waals surface area contributed by atoms with Crippen LogP contribution in [0.3, 0.4) is 0 Å². The van der Waals surface area contributed by atoms with E-state index in [0.717, 1.165) is 5.56 Å². The molecule has 0 unspecified atom stereocenters. The highest BCUT2D eigenvalue weighted by molar-refractivity contribution is 5.96. The number of hydrogen-bond acceptors (Lipinski definition) is 9. The van der Waals surface area contributed by atoms with Crippen LogP contribution >= 0.6 is 0 Å². The lowest BCUT2D eigenvalue weighted by molar-refractivity contribution is -0.144. The van der Waals surface area contributed by atoms with Crippen molar-refractivity contribution in [1.29, 1.82) is 0 Å². The van der Waals surface area contributed by atoms with E-state index in [9.17, 15) is 43.8 Å². The van der Waals surface area contributed by atoms with Crippen LogP contribution in [0.5, 0.6) is 0 Å². The molecule has 16 nitrogen and oxygen atoms in total. The van der Waals surface area contributed by atoms with Gasteiger partial charge in [0.15, 0.2) is 0 Å². The number of hydrogen-bond donors (Lipinski definition) is 9. The Morgan fingerprint density at radius 3 is 1.50 bits per heavy atom. The van der Waals surface area contributed by atoms with Crippen molar-refractivity contribution in [3.8, 4) is 0 Å². The zero-order valence-electron chi connectivity index (χ0n) is 31.4. The number of carboxylic acid groups (broad SMARTS) is 1. The molecule has 0 aliphatic carbocycles. The number of nitrogens with one attached hydrogen (secondary N) is 6. The van der Waals surface area contributed by atoms with Crippen LogP contribution in [0.2, 0.25) is 0 Å². The normalized spacial score (nSPS) is 16.3. The number of likely N-dealkylation sites (N-methyl/N-ethyl adjacent to an activating group) is 1. The Labute approximate surface area is 306 Å². The van der Waals surface area contributed by atoms with E-state index in [4.69, 9.17) is 5.73 Å². The minimum Gasteiger partial charge on any atom is -0.480 e. The minimum atomic E-state index is -1.57. The number of aliphatic hydroxyl groups excluding tert-OH is 1. The standard InChI is InChI=1S/C36H59N7O9/c1-8-20(4)28(42-32(47)25(38-7)18-23-14-12-11-13-15-23)34(49)40-26(19-44)33(48)39-24(16-17-27(37)45)31(46)41-29(21(5)9-2)35(50)43-30(36(51)52)22(6)10-3/h11-15,20-22,24-26,28-30,38,44H,8-10,16-19H2,1-7H3,(H2,37,45)(H,39,48)(H,40,49)(H,41,46)(H,42,47)(H,43,50)(H,51,52)/t20-,21+,22-,24+,25+,26-,28-,29+,30-/m0/s1. The maximum Gasteiger partial charge on any atom is 0.326 e. The second-order valence-electron chi connectivity index (χ2n) is 13.3. The second-order valence-corrected chi connectivity index (χ2v) is 13.3. The molecule has 0 spiro atoms. The number of nitrogens with two attached hydrogens (primary N) is 1. The third-order valence-electron chi connectivity index (χ3n) is 9.44. The molecular formula is C36H59N7O9. The maximum absolute atomic E-state index is 13.6. The van der Waals surface area contributed by atoms with Gasteiger partial charge in [-0.25, -0.2) is 4.79 Å². The summed E-state index contributed by atoms with van der Waals surface area (Å²) in [5.74, 6) is -7.01. The van der Waals surface area contributed by atoms with Gasteiger partial charge < -0.3 is 47.8 Å². The number of aliphatic carboxylic acids is 1. The first-order valence-corrected chi connectivity index (χ1v) is 17.9. The Balaban J connectivity index is 3.20. The molecule has 0 saturated carbocycles. The zero-order valence-corrected chi connectivity index (χ0v) is 31.4. The molecule has 0 aliphatic rings. The number of aliphatic hydroxyl groups is 1. The number of rotatable bonds is 24. The number of carbonyl (C=O) groups excluding carboxylic acids is 6. The molecular weight excluding hydrogens is 674 g/mol. The lowest BCUT2D eigenvalue weighted by Crippen LogP contribution is -2.61. The highest BCUT2D eigenvalue weighted by atomic mass is 16.4. The third kappa shape index (κ3) is 14.6. The van der Waals surface area contributed by atoms with Crippen molar-refractivity contribution in [1.82, 2.24) is 31.9 Å². The molecule has 10 N–H and O–H groups in total. The predicted octanol–water partition coefficient (Wildman–Crippen LogP) is -0.278. The second kappa shape index (κ2) is 23.1. The average molecular weight is 734 g/mol. The van der Waals surface area contributed by atoms with Gasteiger partial charge in [-0.15, -0.1) is 0 Å². The summed E-state index contributed by atoms with van der Waals surface area (Å²) in [6.45, 7) is 9.62. The van der Waals surface area contributed by atoms with E-state index >= 15 is 0 Å². The molecule has 9 atom stereocenters. The maximum atomic E-state index is 13.6. The Morgan fingerprint density at radius 1 is 0.635 bits per heavy atom. The van der Waals surface area contributed by atoms with Gasteiger partial charge in [0, 0.05) is 6.42 Å². The molecule has 0 heterocycles. The van der Waals surface area contributed by atoms with Crippen molar-refractivity contribution in [2.75, 3.05) is 13.7 Å². The van der Waals surface area contributed by atoms with Gasteiger partial charge in [0.25, 0.3) is 0 Å². The Bertz CT molecular complexity index is 1350. The van der Waals surface area contributed by atoms with Crippen LogP contribution in [0.1, 0.15) is 79.2 Å². The van der Waals surface area contributed by atoms with Crippen LogP contribution in [0.4, 0.5) is 0 Å². The molecule has 0 radical (unpaired) electrons. The van der Waals surface area contributed by atoms with Crippen molar-refractivity contribution in [3.63, 3.8) is 0 Å². The average Bonchev–Trinajstić information content (AvgIpc) is 3.13. The number of primary amides is 1. The Morgan fingerprint density at radius 2 is 1.06 bits per heavy atom. The highest BCUT2D eigenvalue weighted by Crippen LogP contribution is 2.14. The molecule has 292 valence electrons. The molecule has 1 rings (SSSR count). The zero-order chi connectivity index (χ0) is 39.5. The summed E-state index contributed by atoms with van der Waals surface area (Å²) in [6, 6.07) is 2.14. The van der Waals surface area contributed by atoms with Crippen molar-refractivity contribution in [2.24, 2.45) is 23.5 Å². The fourth-order valence-electron chi connectivity index (χ4n) is 5.30. The third-order valence-corrected chi connectivity index (χ3v) is 9.44. The smallest absolute Gasteiger partial charge is 0.326 e. The van der Waals surface area contributed by atoms with Crippen LogP contribution in [-0.4, -0.2) is 102 Å². The van der Waals surface area contributed by atoms with Gasteiger partial charge in [0.2, 0.25) is 35.4 Å². The fraction of sp³-hybridized carbons (Fsp3) is 0.639. The minimum absolute atomic E-state index is 0.281. The van der Waals surface area contributed by atoms with Gasteiger partial charge in [-0.3, -0.25) is 28.8 Å². The monoisotopic (exact) mass is 733 g/mol. The number of amides is 6. The summed E-state index contributed by atoms with van der Waals surface area (Å²) < 4.78 is 0. The summed E-state index contributed by atoms with van der Waals surface area (Å²) in [4.78, 5) is 90.6. The van der Waals surface area contributed by atoms with Crippen molar-refractivity contribution in [2.45, 2.75) is 116 Å². The van der Waals surface area contributed by atoms with Crippen LogP contribution in [-0.2, 0) is 40.0 Å². The molecule has 1 aromatic rings. The van der Waals surface area contributed by atoms with Gasteiger partial charge in [-0.05, 0) is 43.2 Å². The lowest BCUT2D eigenvalue weighted by atomic mass is 9.95. The number of carboxylic acids is 1. The number of benzene rings is 1. The first kappa shape index (κ1) is 45.5. The highest BCUT2D eigenvalue weighted by Gasteiger charge is 2.36. The van der Waals surface area contributed by atoms with E-state index in [2.05, 4.69) is 31.9 Å². The van der Waals surface area contributed by atoms with Crippen molar-refractivity contribution >= 4 is 41.4 Å². The van der Waals surface area contributed by atoms with Gasteiger partial charge in [0.05, 0.1) is 12.6 Å². The first-order chi connectivity index (χ1) is 24.5. The molecule has 0 aromatic heterocycles. The molecule has 0 bridgehead atoms. The van der Waals surface area contributed by atoms with E-state index in [1.54, 1.807) is 41.7 Å². The van der Waals surface area contributed by atoms with E-state index in [1.165, 1.54) is 0 Å². The summed E-state index contributed by atoms with van der Waals surface area (Å²) in [5, 5.41) is 35.5. The fourth-order valence-corrected chi connectivity index (χ4v) is 5.30. The molecule has 0 saturated heterocycles. The SMILES string of the molecule is CC[C@@H](C)[C@@H](NC(=O)[C@@H](CCC(N)=O)NC(=O)[C@H](CO)NC(=O)[C@@H](NC(=O)[C@@H](Cc1ccccc1)NC)[C@@H](C)CC)C(=O)N[C@H](C(=O)O)[C@@H](C)CC. The predicted molar refractivity (Wildman–Crippen MR) is 194 cm³/mol. The molecule has 16 heteroatoms. The largest absolute Gasteiger partial charge is 0.480 e. The quantitative estimate of drug-likeness (QED) is 0.0672. The lowest BCUT2D eigenvalue weighted by Gasteiger charge is -2.30. The van der Waals surface area contributed by atoms with Crippen LogP contribution in [0.25, 0.3) is 0 Å². The Kier molecular flexibility index (Phi) is 20.2. The topological polar surface area (TPSA) is 258 Å². The van der Waals surface area contributed by atoms with Crippen LogP contribution in [0, 0.1) is 17.8 Å². The van der Waals surface area contributed by atoms with E-state index < -0.39 is 96.1 Å². The summed E-state index contributed by atoms with van der Waals surface area (Å²) in [7, 11) is 1.62.